The predicted octanol–water partition coefficient (Wildman–Crippen LogP) is 2.49. The molecule has 1 unspecified atom stereocenters. The molecule has 0 fully saturated rings. The van der Waals surface area contributed by atoms with E-state index in [0.29, 0.717) is 0 Å². The zero-order valence-corrected chi connectivity index (χ0v) is 7.18. The summed E-state index contributed by atoms with van der Waals surface area (Å²) in [4.78, 5) is 10.5. The summed E-state index contributed by atoms with van der Waals surface area (Å²) in [6.07, 6.45) is 4.50. The third-order valence-corrected chi connectivity index (χ3v) is 1.89. The minimum Gasteiger partial charge on any atom is -0.481 e. The van der Waals surface area contributed by atoms with Crippen LogP contribution in [0, 0.1) is 12.8 Å². The molecule has 2 heteroatoms. The van der Waals surface area contributed by atoms with Crippen LogP contribution in [-0.4, -0.2) is 11.1 Å². The molecule has 1 radical (unpaired) electrons. The van der Waals surface area contributed by atoms with E-state index in [2.05, 4.69) is 6.92 Å². The van der Waals surface area contributed by atoms with Crippen molar-refractivity contribution in [3.63, 3.8) is 0 Å². The van der Waals surface area contributed by atoms with Crippen molar-refractivity contribution < 1.29 is 9.90 Å². The fourth-order valence-electron chi connectivity index (χ4n) is 1.07. The predicted molar refractivity (Wildman–Crippen MR) is 45.2 cm³/mol. The highest BCUT2D eigenvalue weighted by atomic mass is 16.4. The van der Waals surface area contributed by atoms with Crippen LogP contribution < -0.4 is 0 Å². The van der Waals surface area contributed by atoms with Gasteiger partial charge in [0.15, 0.2) is 0 Å². The minimum atomic E-state index is -0.656. The van der Waals surface area contributed by atoms with E-state index in [-0.39, 0.29) is 5.92 Å². The van der Waals surface area contributed by atoms with Crippen molar-refractivity contribution in [1.29, 1.82) is 0 Å². The number of hydrogen-bond donors (Lipinski definition) is 1. The lowest BCUT2D eigenvalue weighted by atomic mass is 9.99. The van der Waals surface area contributed by atoms with Crippen molar-refractivity contribution in [3.8, 4) is 0 Å². The molecule has 65 valence electrons. The summed E-state index contributed by atoms with van der Waals surface area (Å²) >= 11 is 0. The summed E-state index contributed by atoms with van der Waals surface area (Å²) in [5.41, 5.74) is 0. The second kappa shape index (κ2) is 6.20. The van der Waals surface area contributed by atoms with E-state index in [0.717, 1.165) is 32.1 Å². The van der Waals surface area contributed by atoms with Gasteiger partial charge >= 0.3 is 5.97 Å². The average Bonchev–Trinajstić information content (AvgIpc) is 1.97. The van der Waals surface area contributed by atoms with Crippen LogP contribution in [0.25, 0.3) is 0 Å². The first-order chi connectivity index (χ1) is 5.22. The molecule has 0 bridgehead atoms. The Labute approximate surface area is 68.6 Å². The van der Waals surface area contributed by atoms with Gasteiger partial charge in [0, 0.05) is 0 Å². The smallest absolute Gasteiger partial charge is 0.306 e. The number of carbonyl (C=O) groups is 1. The summed E-state index contributed by atoms with van der Waals surface area (Å²) in [7, 11) is 0. The van der Waals surface area contributed by atoms with E-state index in [1.165, 1.54) is 0 Å². The molecule has 0 saturated carbocycles. The van der Waals surface area contributed by atoms with Gasteiger partial charge in [-0.2, -0.15) is 0 Å². The minimum absolute atomic E-state index is 0.137. The van der Waals surface area contributed by atoms with Gasteiger partial charge in [0.2, 0.25) is 0 Å². The van der Waals surface area contributed by atoms with Crippen molar-refractivity contribution in [3.05, 3.63) is 6.92 Å². The zero-order chi connectivity index (χ0) is 8.69. The van der Waals surface area contributed by atoms with Crippen molar-refractivity contribution in [2.75, 3.05) is 0 Å². The van der Waals surface area contributed by atoms with Crippen LogP contribution in [0.1, 0.15) is 39.0 Å². The summed E-state index contributed by atoms with van der Waals surface area (Å²) in [5, 5.41) is 8.66. The summed E-state index contributed by atoms with van der Waals surface area (Å²) in [6.45, 7) is 5.63. The summed E-state index contributed by atoms with van der Waals surface area (Å²) in [6, 6.07) is 0. The number of carboxylic acid groups (broad SMARTS) is 1. The van der Waals surface area contributed by atoms with Crippen molar-refractivity contribution in [2.45, 2.75) is 39.0 Å². The highest BCUT2D eigenvalue weighted by molar-refractivity contribution is 5.69. The van der Waals surface area contributed by atoms with Crippen LogP contribution in [0.4, 0.5) is 0 Å². The SMILES string of the molecule is [CH2]CCCCC(CC)C(=O)O. The maximum Gasteiger partial charge on any atom is 0.306 e. The van der Waals surface area contributed by atoms with Gasteiger partial charge in [0.05, 0.1) is 5.92 Å². The molecule has 0 aliphatic rings. The molecule has 1 N–H and O–H groups in total. The molecule has 0 rings (SSSR count). The summed E-state index contributed by atoms with van der Waals surface area (Å²) in [5.74, 6) is -0.793. The molecular weight excluding hydrogens is 140 g/mol. The molecular formula is C9H17O2. The number of rotatable bonds is 6. The quantitative estimate of drug-likeness (QED) is 0.601. The normalized spacial score (nSPS) is 12.9. The first-order valence-electron chi connectivity index (χ1n) is 4.24. The Kier molecular flexibility index (Phi) is 5.90. The van der Waals surface area contributed by atoms with Crippen LogP contribution in [0.5, 0.6) is 0 Å². The van der Waals surface area contributed by atoms with Gasteiger partial charge in [-0.25, -0.2) is 0 Å². The Hall–Kier alpha value is -0.530. The zero-order valence-electron chi connectivity index (χ0n) is 7.18. The maximum atomic E-state index is 10.5. The Bertz CT molecular complexity index is 110. The molecule has 0 aromatic heterocycles. The van der Waals surface area contributed by atoms with Gasteiger partial charge in [-0.15, -0.1) is 0 Å². The van der Waals surface area contributed by atoms with Crippen LogP contribution in [-0.2, 0) is 4.79 Å². The van der Waals surface area contributed by atoms with Gasteiger partial charge in [-0.1, -0.05) is 33.1 Å². The van der Waals surface area contributed by atoms with Crippen molar-refractivity contribution in [1.82, 2.24) is 0 Å². The van der Waals surface area contributed by atoms with Gasteiger partial charge in [-0.05, 0) is 12.8 Å². The van der Waals surface area contributed by atoms with E-state index >= 15 is 0 Å². The Morgan fingerprint density at radius 2 is 2.18 bits per heavy atom. The van der Waals surface area contributed by atoms with Gasteiger partial charge in [0.1, 0.15) is 0 Å². The molecule has 0 spiro atoms. The monoisotopic (exact) mass is 157 g/mol. The van der Waals surface area contributed by atoms with Crippen LogP contribution >= 0.6 is 0 Å². The first kappa shape index (κ1) is 10.5. The second-order valence-corrected chi connectivity index (χ2v) is 2.79. The van der Waals surface area contributed by atoms with Crippen LogP contribution in [0.3, 0.4) is 0 Å². The van der Waals surface area contributed by atoms with Crippen molar-refractivity contribution >= 4 is 5.97 Å². The molecule has 0 amide bonds. The van der Waals surface area contributed by atoms with Crippen molar-refractivity contribution in [2.24, 2.45) is 5.92 Å². The van der Waals surface area contributed by atoms with Crippen LogP contribution in [0.15, 0.2) is 0 Å². The first-order valence-corrected chi connectivity index (χ1v) is 4.24. The van der Waals surface area contributed by atoms with Gasteiger partial charge < -0.3 is 5.11 Å². The lowest BCUT2D eigenvalue weighted by Gasteiger charge is -2.07. The topological polar surface area (TPSA) is 37.3 Å². The third kappa shape index (κ3) is 4.82. The molecule has 11 heavy (non-hydrogen) atoms. The molecule has 0 aromatic rings. The fourth-order valence-corrected chi connectivity index (χ4v) is 1.07. The standard InChI is InChI=1S/C9H17O2/c1-3-5-6-7-8(4-2)9(10)11/h8H,1,3-7H2,2H3,(H,10,11). The Morgan fingerprint density at radius 3 is 2.55 bits per heavy atom. The molecule has 0 saturated heterocycles. The Balaban J connectivity index is 3.44. The average molecular weight is 157 g/mol. The molecule has 0 aliphatic carbocycles. The highest BCUT2D eigenvalue weighted by Crippen LogP contribution is 2.13. The van der Waals surface area contributed by atoms with E-state index in [1.807, 2.05) is 6.92 Å². The lowest BCUT2D eigenvalue weighted by Crippen LogP contribution is -2.12. The largest absolute Gasteiger partial charge is 0.481 e. The Morgan fingerprint density at radius 1 is 1.55 bits per heavy atom. The maximum absolute atomic E-state index is 10.5. The molecule has 0 aliphatic heterocycles. The lowest BCUT2D eigenvalue weighted by molar-refractivity contribution is -0.142. The van der Waals surface area contributed by atoms with Crippen LogP contribution in [0.2, 0.25) is 0 Å². The molecule has 2 nitrogen and oxygen atoms in total. The van der Waals surface area contributed by atoms with E-state index < -0.39 is 5.97 Å². The van der Waals surface area contributed by atoms with E-state index in [1.54, 1.807) is 0 Å². The molecule has 1 atom stereocenters. The number of carboxylic acids is 1. The molecule has 0 heterocycles. The number of aliphatic carboxylic acids is 1. The highest BCUT2D eigenvalue weighted by Gasteiger charge is 2.13. The summed E-state index contributed by atoms with van der Waals surface area (Å²) < 4.78 is 0. The van der Waals surface area contributed by atoms with E-state index in [9.17, 15) is 4.79 Å². The fraction of sp³-hybridized carbons (Fsp3) is 0.778. The van der Waals surface area contributed by atoms with Gasteiger partial charge in [0.25, 0.3) is 0 Å². The number of unbranched alkanes of at least 4 members (excludes halogenated alkanes) is 2. The third-order valence-electron chi connectivity index (χ3n) is 1.89. The number of hydrogen-bond acceptors (Lipinski definition) is 1. The van der Waals surface area contributed by atoms with Gasteiger partial charge in [-0.3, -0.25) is 4.79 Å². The molecule has 0 aromatic carbocycles. The second-order valence-electron chi connectivity index (χ2n) is 2.79. The van der Waals surface area contributed by atoms with E-state index in [4.69, 9.17) is 5.11 Å².